The molecule has 2 aromatic carbocycles. The highest BCUT2D eigenvalue weighted by molar-refractivity contribution is 9.11. The van der Waals surface area contributed by atoms with Gasteiger partial charge in [-0.3, -0.25) is 9.59 Å². The van der Waals surface area contributed by atoms with Crippen molar-refractivity contribution in [2.75, 3.05) is 0 Å². The molecule has 0 spiro atoms. The Bertz CT molecular complexity index is 1270. The maximum atomic E-state index is 10.7. The molecule has 0 saturated heterocycles. The molecule has 0 aliphatic rings. The van der Waals surface area contributed by atoms with Crippen LogP contribution in [0.4, 0.5) is 0 Å². The molecule has 0 unspecified atom stereocenters. The molecule has 0 fully saturated rings. The van der Waals surface area contributed by atoms with Crippen LogP contribution in [0.1, 0.15) is 11.1 Å². The second-order valence-electron chi connectivity index (χ2n) is 7.28. The molecule has 0 aliphatic heterocycles. The summed E-state index contributed by atoms with van der Waals surface area (Å²) in [6.07, 6.45) is 4.26. The molecule has 0 aliphatic carbocycles. The monoisotopic (exact) mass is 564 g/mol. The highest BCUT2D eigenvalue weighted by atomic mass is 79.9. The summed E-state index contributed by atoms with van der Waals surface area (Å²) in [6.45, 7) is 0. The minimum Gasteiger partial charge on any atom is -0.480 e. The SMILES string of the molecule is N[C@@H](Cc1c[nH]c2c(Br)cccc12)C(=O)O.N[C@@H](Cc1c[nH]c2cc(Br)ccc12)C(=O)O. The highest BCUT2D eigenvalue weighted by Crippen LogP contribution is 2.26. The molecule has 10 heteroatoms. The highest BCUT2D eigenvalue weighted by Gasteiger charge is 2.16. The van der Waals surface area contributed by atoms with Gasteiger partial charge >= 0.3 is 11.9 Å². The van der Waals surface area contributed by atoms with Crippen molar-refractivity contribution in [2.45, 2.75) is 24.9 Å². The number of carboxylic acid groups (broad SMARTS) is 2. The molecular formula is C22H22Br2N4O4. The quantitative estimate of drug-likeness (QED) is 0.209. The Morgan fingerprint density at radius 1 is 0.875 bits per heavy atom. The number of aliphatic carboxylic acids is 2. The first-order valence-corrected chi connectivity index (χ1v) is 11.2. The number of benzene rings is 2. The molecule has 0 amide bonds. The Kier molecular flexibility index (Phi) is 7.73. The summed E-state index contributed by atoms with van der Waals surface area (Å²) in [7, 11) is 0. The van der Waals surface area contributed by atoms with Gasteiger partial charge < -0.3 is 31.6 Å². The first-order chi connectivity index (χ1) is 15.2. The number of para-hydroxylation sites is 1. The van der Waals surface area contributed by atoms with Gasteiger partial charge in [-0.05, 0) is 45.3 Å². The number of nitrogens with two attached hydrogens (primary N) is 2. The molecule has 2 heterocycles. The number of aromatic amines is 2. The van der Waals surface area contributed by atoms with E-state index in [0.717, 1.165) is 41.9 Å². The summed E-state index contributed by atoms with van der Waals surface area (Å²) in [4.78, 5) is 27.6. The van der Waals surface area contributed by atoms with Gasteiger partial charge in [0.25, 0.3) is 0 Å². The maximum absolute atomic E-state index is 10.7. The molecular weight excluding hydrogens is 544 g/mol. The fourth-order valence-corrected chi connectivity index (χ4v) is 4.16. The van der Waals surface area contributed by atoms with E-state index in [2.05, 4.69) is 41.8 Å². The summed E-state index contributed by atoms with van der Waals surface area (Å²) in [5.41, 5.74) is 14.8. The van der Waals surface area contributed by atoms with Gasteiger partial charge in [-0.1, -0.05) is 34.1 Å². The standard InChI is InChI=1S/2C11H11BrN2O2/c12-7-1-2-8-6(3-9(13)11(15)16)5-14-10(8)4-7;12-8-3-1-2-7-6(5-14-10(7)8)4-9(13)11(15)16/h1-2,4-5,9,14H,3,13H2,(H,15,16);1-3,5,9,14H,4,13H2,(H,15,16)/t2*9-/m00/s1. The number of carboxylic acids is 2. The number of fused-ring (bicyclic) bond motifs is 2. The smallest absolute Gasteiger partial charge is 0.320 e. The molecule has 2 aromatic heterocycles. The number of halogens is 2. The van der Waals surface area contributed by atoms with Crippen LogP contribution in [0.25, 0.3) is 21.8 Å². The third kappa shape index (κ3) is 5.57. The lowest BCUT2D eigenvalue weighted by molar-refractivity contribution is -0.139. The van der Waals surface area contributed by atoms with Gasteiger partial charge in [0.1, 0.15) is 12.1 Å². The van der Waals surface area contributed by atoms with E-state index in [9.17, 15) is 9.59 Å². The van der Waals surface area contributed by atoms with Crippen LogP contribution in [0.15, 0.2) is 57.7 Å². The summed E-state index contributed by atoms with van der Waals surface area (Å²) in [5, 5.41) is 19.5. The number of rotatable bonds is 6. The number of nitrogens with one attached hydrogen (secondary N) is 2. The largest absolute Gasteiger partial charge is 0.480 e. The predicted octanol–water partition coefficient (Wildman–Crippen LogP) is 3.77. The molecule has 4 aromatic rings. The van der Waals surface area contributed by atoms with E-state index in [0.29, 0.717) is 12.8 Å². The Labute approximate surface area is 200 Å². The summed E-state index contributed by atoms with van der Waals surface area (Å²) < 4.78 is 1.94. The lowest BCUT2D eigenvalue weighted by Gasteiger charge is -2.04. The Balaban J connectivity index is 0.000000181. The van der Waals surface area contributed by atoms with Crippen LogP contribution >= 0.6 is 31.9 Å². The van der Waals surface area contributed by atoms with E-state index >= 15 is 0 Å². The number of carbonyl (C=O) groups is 2. The average molecular weight is 566 g/mol. The van der Waals surface area contributed by atoms with Crippen molar-refractivity contribution >= 4 is 65.6 Å². The van der Waals surface area contributed by atoms with Crippen LogP contribution in [-0.4, -0.2) is 44.2 Å². The fourth-order valence-electron chi connectivity index (χ4n) is 3.32. The number of aromatic nitrogens is 2. The van der Waals surface area contributed by atoms with E-state index in [1.807, 2.05) is 36.4 Å². The van der Waals surface area contributed by atoms with Crippen molar-refractivity contribution in [1.29, 1.82) is 0 Å². The zero-order valence-corrected chi connectivity index (χ0v) is 20.0. The van der Waals surface area contributed by atoms with Gasteiger partial charge in [0.05, 0.1) is 5.52 Å². The molecule has 0 radical (unpaired) electrons. The van der Waals surface area contributed by atoms with Gasteiger partial charge in [0.2, 0.25) is 0 Å². The molecule has 32 heavy (non-hydrogen) atoms. The van der Waals surface area contributed by atoms with Crippen LogP contribution in [0, 0.1) is 0 Å². The van der Waals surface area contributed by atoms with Gasteiger partial charge in [-0.15, -0.1) is 0 Å². The van der Waals surface area contributed by atoms with Gasteiger partial charge in [-0.2, -0.15) is 0 Å². The van der Waals surface area contributed by atoms with Crippen molar-refractivity contribution in [3.8, 4) is 0 Å². The lowest BCUT2D eigenvalue weighted by atomic mass is 10.1. The minimum atomic E-state index is -0.982. The average Bonchev–Trinajstić information content (AvgIpc) is 3.33. The minimum absolute atomic E-state index is 0.325. The third-order valence-corrected chi connectivity index (χ3v) is 6.15. The second kappa shape index (κ2) is 10.3. The van der Waals surface area contributed by atoms with E-state index in [1.54, 1.807) is 12.4 Å². The zero-order valence-electron chi connectivity index (χ0n) is 16.8. The topological polar surface area (TPSA) is 158 Å². The molecule has 0 bridgehead atoms. The molecule has 2 atom stereocenters. The van der Waals surface area contributed by atoms with Crippen molar-refractivity contribution in [3.63, 3.8) is 0 Å². The second-order valence-corrected chi connectivity index (χ2v) is 9.05. The van der Waals surface area contributed by atoms with E-state index in [-0.39, 0.29) is 0 Å². The van der Waals surface area contributed by atoms with Crippen LogP contribution in [0.5, 0.6) is 0 Å². The van der Waals surface area contributed by atoms with Crippen LogP contribution in [0.2, 0.25) is 0 Å². The summed E-state index contributed by atoms with van der Waals surface area (Å²) >= 11 is 6.80. The van der Waals surface area contributed by atoms with E-state index in [4.69, 9.17) is 21.7 Å². The summed E-state index contributed by atoms with van der Waals surface area (Å²) in [6, 6.07) is 9.88. The van der Waals surface area contributed by atoms with Gasteiger partial charge in [-0.25, -0.2) is 0 Å². The normalized spacial score (nSPS) is 12.9. The Morgan fingerprint density at radius 3 is 2.09 bits per heavy atom. The third-order valence-electron chi connectivity index (χ3n) is 4.99. The first kappa shape index (κ1) is 24.0. The van der Waals surface area contributed by atoms with Crippen LogP contribution in [0.3, 0.4) is 0 Å². The van der Waals surface area contributed by atoms with Gasteiger partial charge in [0, 0.05) is 50.5 Å². The predicted molar refractivity (Wildman–Crippen MR) is 131 cm³/mol. The fraction of sp³-hybridized carbons (Fsp3) is 0.182. The molecule has 0 saturated carbocycles. The van der Waals surface area contributed by atoms with Crippen molar-refractivity contribution < 1.29 is 19.8 Å². The van der Waals surface area contributed by atoms with Crippen LogP contribution < -0.4 is 11.5 Å². The van der Waals surface area contributed by atoms with Crippen molar-refractivity contribution in [1.82, 2.24) is 9.97 Å². The Morgan fingerprint density at radius 2 is 1.47 bits per heavy atom. The van der Waals surface area contributed by atoms with Crippen molar-refractivity contribution in [3.05, 3.63) is 68.9 Å². The lowest BCUT2D eigenvalue weighted by Crippen LogP contribution is -2.32. The molecule has 168 valence electrons. The van der Waals surface area contributed by atoms with Crippen LogP contribution in [-0.2, 0) is 22.4 Å². The molecule has 8 N–H and O–H groups in total. The van der Waals surface area contributed by atoms with E-state index < -0.39 is 24.0 Å². The first-order valence-electron chi connectivity index (χ1n) is 9.64. The van der Waals surface area contributed by atoms with Gasteiger partial charge in [0.15, 0.2) is 0 Å². The van der Waals surface area contributed by atoms with Crippen molar-refractivity contribution in [2.24, 2.45) is 11.5 Å². The number of hydrogen-bond acceptors (Lipinski definition) is 4. The molecule has 8 nitrogen and oxygen atoms in total. The van der Waals surface area contributed by atoms with E-state index in [1.165, 1.54) is 0 Å². The number of hydrogen-bond donors (Lipinski definition) is 6. The maximum Gasteiger partial charge on any atom is 0.320 e. The summed E-state index contributed by atoms with van der Waals surface area (Å²) in [5.74, 6) is -1.96. The Hall–Kier alpha value is -2.66. The molecule has 4 rings (SSSR count). The zero-order chi connectivity index (χ0) is 23.4. The number of H-pyrrole nitrogens is 2.